The highest BCUT2D eigenvalue weighted by atomic mass is 35.5. The predicted molar refractivity (Wildman–Crippen MR) is 54.8 cm³/mol. The third-order valence-electron chi connectivity index (χ3n) is 1.78. The zero-order valence-electron chi connectivity index (χ0n) is 7.63. The van der Waals surface area contributed by atoms with Crippen molar-refractivity contribution >= 4 is 29.3 Å². The maximum Gasteiger partial charge on any atom is 0.379 e. The number of carboxylic acid groups (broad SMARTS) is 1. The first-order chi connectivity index (χ1) is 6.91. The van der Waals surface area contributed by atoms with Crippen molar-refractivity contribution in [2.45, 2.75) is 10.8 Å². The summed E-state index contributed by atoms with van der Waals surface area (Å²) in [4.78, 5) is 10.5. The maximum absolute atomic E-state index is 13.2. The van der Waals surface area contributed by atoms with Crippen LogP contribution in [-0.4, -0.2) is 17.3 Å². The topological polar surface area (TPSA) is 37.3 Å². The van der Waals surface area contributed by atoms with E-state index in [4.69, 9.17) is 16.7 Å². The van der Waals surface area contributed by atoms with Crippen molar-refractivity contribution in [2.75, 3.05) is 6.26 Å². The average molecular weight is 253 g/mol. The van der Waals surface area contributed by atoms with Gasteiger partial charge in [0, 0.05) is 10.5 Å². The van der Waals surface area contributed by atoms with Crippen molar-refractivity contribution in [2.24, 2.45) is 0 Å². The number of hydrogen-bond acceptors (Lipinski definition) is 2. The predicted octanol–water partition coefficient (Wildman–Crippen LogP) is 3.24. The zero-order chi connectivity index (χ0) is 11.6. The second kappa shape index (κ2) is 4.37. The number of hydrogen-bond donors (Lipinski definition) is 1. The van der Waals surface area contributed by atoms with Gasteiger partial charge in [-0.2, -0.15) is 8.78 Å². The van der Waals surface area contributed by atoms with Gasteiger partial charge >= 0.3 is 11.9 Å². The van der Waals surface area contributed by atoms with Crippen molar-refractivity contribution in [3.05, 3.63) is 28.8 Å². The normalized spacial score (nSPS) is 11.5. The molecule has 0 heterocycles. The molecule has 0 spiro atoms. The van der Waals surface area contributed by atoms with Crippen LogP contribution in [0.5, 0.6) is 0 Å². The molecule has 0 saturated carbocycles. The van der Waals surface area contributed by atoms with Crippen LogP contribution in [-0.2, 0) is 10.7 Å². The Morgan fingerprint density at radius 2 is 2.13 bits per heavy atom. The van der Waals surface area contributed by atoms with Crippen LogP contribution in [0.1, 0.15) is 5.56 Å². The summed E-state index contributed by atoms with van der Waals surface area (Å²) in [5.41, 5.74) is -0.574. The molecule has 1 aromatic carbocycles. The molecule has 0 radical (unpaired) electrons. The van der Waals surface area contributed by atoms with Crippen LogP contribution in [0.4, 0.5) is 8.78 Å². The number of aliphatic carboxylic acids is 1. The summed E-state index contributed by atoms with van der Waals surface area (Å²) in [7, 11) is 0. The van der Waals surface area contributed by atoms with Crippen molar-refractivity contribution < 1.29 is 18.7 Å². The molecule has 0 saturated heterocycles. The molecule has 6 heteroatoms. The monoisotopic (exact) mass is 252 g/mol. The van der Waals surface area contributed by atoms with Crippen molar-refractivity contribution in [1.29, 1.82) is 0 Å². The molecule has 0 bridgehead atoms. The molecular formula is C9H7ClF2O2S. The molecule has 1 rings (SSSR count). The minimum Gasteiger partial charge on any atom is -0.477 e. The second-order valence-corrected chi connectivity index (χ2v) is 3.92. The van der Waals surface area contributed by atoms with Crippen LogP contribution in [0.2, 0.25) is 5.02 Å². The van der Waals surface area contributed by atoms with Gasteiger partial charge in [-0.05, 0) is 12.3 Å². The molecule has 0 atom stereocenters. The van der Waals surface area contributed by atoms with Gasteiger partial charge in [0.25, 0.3) is 0 Å². The van der Waals surface area contributed by atoms with Gasteiger partial charge in [-0.1, -0.05) is 23.7 Å². The Labute approximate surface area is 94.2 Å². The Hall–Kier alpha value is -0.810. The second-order valence-electron chi connectivity index (χ2n) is 2.70. The average Bonchev–Trinajstić information content (AvgIpc) is 2.17. The Morgan fingerprint density at radius 1 is 1.53 bits per heavy atom. The van der Waals surface area contributed by atoms with Gasteiger partial charge in [-0.15, -0.1) is 11.8 Å². The van der Waals surface area contributed by atoms with Gasteiger partial charge in [0.2, 0.25) is 0 Å². The highest BCUT2D eigenvalue weighted by molar-refractivity contribution is 7.98. The summed E-state index contributed by atoms with van der Waals surface area (Å²) in [6.45, 7) is 0. The zero-order valence-corrected chi connectivity index (χ0v) is 9.20. The van der Waals surface area contributed by atoms with E-state index in [1.165, 1.54) is 12.1 Å². The minimum atomic E-state index is -3.91. The Morgan fingerprint density at radius 3 is 2.60 bits per heavy atom. The largest absolute Gasteiger partial charge is 0.477 e. The van der Waals surface area contributed by atoms with E-state index in [0.717, 1.165) is 17.8 Å². The van der Waals surface area contributed by atoms with E-state index >= 15 is 0 Å². The summed E-state index contributed by atoms with van der Waals surface area (Å²) in [5.74, 6) is -6.09. The lowest BCUT2D eigenvalue weighted by Crippen LogP contribution is -2.26. The number of thioether (sulfide) groups is 1. The smallest absolute Gasteiger partial charge is 0.379 e. The van der Waals surface area contributed by atoms with Gasteiger partial charge in [0.15, 0.2) is 0 Å². The van der Waals surface area contributed by atoms with Crippen molar-refractivity contribution in [3.63, 3.8) is 0 Å². The van der Waals surface area contributed by atoms with Gasteiger partial charge in [0.05, 0.1) is 5.02 Å². The lowest BCUT2D eigenvalue weighted by Gasteiger charge is -2.15. The summed E-state index contributed by atoms with van der Waals surface area (Å²) in [6, 6.07) is 3.80. The third-order valence-corrected chi connectivity index (χ3v) is 3.05. The lowest BCUT2D eigenvalue weighted by atomic mass is 10.1. The van der Waals surface area contributed by atoms with Crippen LogP contribution < -0.4 is 0 Å². The fraction of sp³-hybridized carbons (Fsp3) is 0.222. The van der Waals surface area contributed by atoms with E-state index in [1.807, 2.05) is 0 Å². The molecule has 0 aliphatic rings. The fourth-order valence-electron chi connectivity index (χ4n) is 1.08. The molecule has 2 nitrogen and oxygen atoms in total. The summed E-state index contributed by atoms with van der Waals surface area (Å²) < 4.78 is 26.5. The van der Waals surface area contributed by atoms with Gasteiger partial charge < -0.3 is 5.11 Å². The van der Waals surface area contributed by atoms with Crippen LogP contribution >= 0.6 is 23.4 Å². The highest BCUT2D eigenvalue weighted by Gasteiger charge is 2.43. The molecule has 1 N–H and O–H groups in total. The van der Waals surface area contributed by atoms with E-state index < -0.39 is 17.5 Å². The molecule has 0 aliphatic heterocycles. The first-order valence-corrected chi connectivity index (χ1v) is 5.45. The first kappa shape index (κ1) is 12.3. The SMILES string of the molecule is CSc1c(Cl)cccc1C(F)(F)C(=O)O. The molecule has 0 amide bonds. The molecular weight excluding hydrogens is 246 g/mol. The number of rotatable bonds is 3. The van der Waals surface area contributed by atoms with Gasteiger partial charge in [-0.25, -0.2) is 4.79 Å². The quantitative estimate of drug-likeness (QED) is 0.839. The third kappa shape index (κ3) is 2.23. The molecule has 0 unspecified atom stereocenters. The summed E-state index contributed by atoms with van der Waals surface area (Å²) in [5, 5.41) is 8.53. The van der Waals surface area contributed by atoms with Crippen LogP contribution in [0, 0.1) is 0 Å². The molecule has 0 fully saturated rings. The number of halogens is 3. The first-order valence-electron chi connectivity index (χ1n) is 3.85. The van der Waals surface area contributed by atoms with E-state index in [0.29, 0.717) is 0 Å². The van der Waals surface area contributed by atoms with Crippen LogP contribution in [0.3, 0.4) is 0 Å². The summed E-state index contributed by atoms with van der Waals surface area (Å²) in [6.07, 6.45) is 1.56. The lowest BCUT2D eigenvalue weighted by molar-refractivity contribution is -0.166. The molecule has 0 aliphatic carbocycles. The standard InChI is InChI=1S/C9H7ClF2O2S/c1-15-7-5(3-2-4-6(7)10)9(11,12)8(13)14/h2-4H,1H3,(H,13,14). The summed E-state index contributed by atoms with van der Waals surface area (Å²) >= 11 is 6.68. The number of alkyl halides is 2. The Bertz CT molecular complexity index is 396. The highest BCUT2D eigenvalue weighted by Crippen LogP contribution is 2.38. The Balaban J connectivity index is 3.37. The number of carboxylic acids is 1. The van der Waals surface area contributed by atoms with Crippen molar-refractivity contribution in [1.82, 2.24) is 0 Å². The molecule has 82 valence electrons. The van der Waals surface area contributed by atoms with E-state index in [2.05, 4.69) is 0 Å². The molecule has 15 heavy (non-hydrogen) atoms. The van der Waals surface area contributed by atoms with Crippen LogP contribution in [0.15, 0.2) is 23.1 Å². The maximum atomic E-state index is 13.2. The van der Waals surface area contributed by atoms with Crippen LogP contribution in [0.25, 0.3) is 0 Å². The minimum absolute atomic E-state index is 0.0894. The Kier molecular flexibility index (Phi) is 3.57. The molecule has 1 aromatic rings. The fourth-order valence-corrected chi connectivity index (χ4v) is 2.16. The van der Waals surface area contributed by atoms with E-state index in [-0.39, 0.29) is 9.92 Å². The van der Waals surface area contributed by atoms with Gasteiger partial charge in [-0.3, -0.25) is 0 Å². The number of carbonyl (C=O) groups is 1. The van der Waals surface area contributed by atoms with Gasteiger partial charge in [0.1, 0.15) is 0 Å². The number of benzene rings is 1. The molecule has 0 aromatic heterocycles. The van der Waals surface area contributed by atoms with E-state index in [9.17, 15) is 13.6 Å². The van der Waals surface area contributed by atoms with Crippen molar-refractivity contribution in [3.8, 4) is 0 Å². The van der Waals surface area contributed by atoms with E-state index in [1.54, 1.807) is 6.26 Å².